The molecule has 8 heteroatoms. The molecule has 6 nitrogen and oxygen atoms in total. The van der Waals surface area contributed by atoms with Crippen LogP contribution in [0.25, 0.3) is 0 Å². The molecule has 0 aliphatic rings. The summed E-state index contributed by atoms with van der Waals surface area (Å²) in [7, 11) is -3.52. The molecule has 1 aromatic carbocycles. The summed E-state index contributed by atoms with van der Waals surface area (Å²) in [6, 6.07) is 6.46. The molecule has 0 amide bonds. The van der Waals surface area contributed by atoms with Gasteiger partial charge >= 0.3 is 0 Å². The molecule has 0 radical (unpaired) electrons. The zero-order chi connectivity index (χ0) is 14.3. The molecule has 0 saturated carbocycles. The second-order valence-electron chi connectivity index (χ2n) is 3.78. The van der Waals surface area contributed by atoms with E-state index < -0.39 is 10.2 Å². The van der Waals surface area contributed by atoms with Gasteiger partial charge in [0.25, 0.3) is 10.2 Å². The van der Waals surface area contributed by atoms with E-state index in [4.69, 9.17) is 10.5 Å². The van der Waals surface area contributed by atoms with Crippen LogP contribution in [0.5, 0.6) is 5.75 Å². The van der Waals surface area contributed by atoms with Gasteiger partial charge in [-0.3, -0.25) is 4.72 Å². The molecule has 0 fully saturated rings. The molecule has 19 heavy (non-hydrogen) atoms. The summed E-state index contributed by atoms with van der Waals surface area (Å²) in [6.45, 7) is 2.43. The molecule has 1 aromatic rings. The number of hydrogen-bond acceptors (Lipinski definition) is 4. The third-order valence-corrected chi connectivity index (χ3v) is 3.24. The largest absolute Gasteiger partial charge is 0.487 e. The van der Waals surface area contributed by atoms with E-state index in [-0.39, 0.29) is 11.6 Å². The fraction of sp³-hybridized carbons (Fsp3) is 0.364. The minimum absolute atomic E-state index is 0.151. The van der Waals surface area contributed by atoms with Crippen molar-refractivity contribution in [2.45, 2.75) is 13.3 Å². The molecule has 0 heterocycles. The van der Waals surface area contributed by atoms with Gasteiger partial charge in [-0.05, 0) is 30.7 Å². The number of thiocarbonyl (C=S) groups is 1. The second kappa shape index (κ2) is 7.27. The topological polar surface area (TPSA) is 93.5 Å². The van der Waals surface area contributed by atoms with Crippen LogP contribution in [0, 0.1) is 0 Å². The Balaban J connectivity index is 2.59. The van der Waals surface area contributed by atoms with Crippen molar-refractivity contribution in [2.24, 2.45) is 5.73 Å². The first-order valence-electron chi connectivity index (χ1n) is 5.71. The molecule has 0 aliphatic heterocycles. The Morgan fingerprint density at radius 2 is 2.00 bits per heavy atom. The smallest absolute Gasteiger partial charge is 0.299 e. The number of rotatable bonds is 8. The molecule has 0 aromatic heterocycles. The summed E-state index contributed by atoms with van der Waals surface area (Å²) in [5, 5.41) is 0. The molecular formula is C11H17N3O3S2. The van der Waals surface area contributed by atoms with Crippen LogP contribution in [0.4, 0.5) is 5.69 Å². The monoisotopic (exact) mass is 303 g/mol. The van der Waals surface area contributed by atoms with Gasteiger partial charge in [0.1, 0.15) is 17.3 Å². The fourth-order valence-corrected chi connectivity index (χ4v) is 2.25. The number of hydrogen-bond donors (Lipinski definition) is 3. The third-order valence-electron chi connectivity index (χ3n) is 2.03. The summed E-state index contributed by atoms with van der Waals surface area (Å²) in [4.78, 5) is 0.258. The van der Waals surface area contributed by atoms with E-state index in [0.717, 1.165) is 6.42 Å². The molecule has 106 valence electrons. The van der Waals surface area contributed by atoms with Crippen molar-refractivity contribution in [3.63, 3.8) is 0 Å². The average molecular weight is 303 g/mol. The third kappa shape index (κ3) is 6.37. The van der Waals surface area contributed by atoms with Crippen LogP contribution in [-0.4, -0.2) is 26.6 Å². The van der Waals surface area contributed by atoms with Crippen molar-refractivity contribution in [3.05, 3.63) is 24.3 Å². The van der Waals surface area contributed by atoms with Gasteiger partial charge in [0.05, 0.1) is 0 Å². The van der Waals surface area contributed by atoms with Gasteiger partial charge in [-0.15, -0.1) is 0 Å². The Morgan fingerprint density at radius 1 is 1.37 bits per heavy atom. The Hall–Kier alpha value is -1.38. The SMILES string of the molecule is CCCNS(=O)(=O)Nc1ccc(OCC(N)=S)cc1. The maximum atomic E-state index is 11.6. The van der Waals surface area contributed by atoms with E-state index >= 15 is 0 Å². The quantitative estimate of drug-likeness (QED) is 0.623. The summed E-state index contributed by atoms with van der Waals surface area (Å²) < 4.78 is 33.2. The fourth-order valence-electron chi connectivity index (χ4n) is 1.20. The van der Waals surface area contributed by atoms with Crippen molar-refractivity contribution < 1.29 is 13.2 Å². The zero-order valence-corrected chi connectivity index (χ0v) is 12.2. The van der Waals surface area contributed by atoms with E-state index in [1.54, 1.807) is 24.3 Å². The van der Waals surface area contributed by atoms with Crippen LogP contribution in [0.2, 0.25) is 0 Å². The van der Waals surface area contributed by atoms with E-state index in [0.29, 0.717) is 18.0 Å². The Kier molecular flexibility index (Phi) is 6.00. The normalized spacial score (nSPS) is 11.0. The minimum atomic E-state index is -3.52. The number of nitrogens with one attached hydrogen (secondary N) is 2. The van der Waals surface area contributed by atoms with Crippen molar-refractivity contribution in [1.82, 2.24) is 4.72 Å². The van der Waals surface area contributed by atoms with Crippen molar-refractivity contribution in [2.75, 3.05) is 17.9 Å². The number of nitrogens with two attached hydrogens (primary N) is 1. The van der Waals surface area contributed by atoms with Gasteiger partial charge in [-0.25, -0.2) is 0 Å². The van der Waals surface area contributed by atoms with Gasteiger partial charge in [-0.2, -0.15) is 13.1 Å². The van der Waals surface area contributed by atoms with Crippen molar-refractivity contribution >= 4 is 33.1 Å². The van der Waals surface area contributed by atoms with Gasteiger partial charge in [0, 0.05) is 12.2 Å². The van der Waals surface area contributed by atoms with E-state index in [2.05, 4.69) is 21.7 Å². The molecule has 0 bridgehead atoms. The van der Waals surface area contributed by atoms with Gasteiger partial charge < -0.3 is 10.5 Å². The Labute approximate surface area is 118 Å². The maximum absolute atomic E-state index is 11.6. The first-order valence-corrected chi connectivity index (χ1v) is 7.60. The predicted octanol–water partition coefficient (Wildman–Crippen LogP) is 1.01. The highest BCUT2D eigenvalue weighted by molar-refractivity contribution is 7.90. The summed E-state index contributed by atoms with van der Waals surface area (Å²) in [6.07, 6.45) is 0.729. The van der Waals surface area contributed by atoms with E-state index in [1.165, 1.54) is 0 Å². The van der Waals surface area contributed by atoms with E-state index in [1.807, 2.05) is 6.92 Å². The molecular weight excluding hydrogens is 286 g/mol. The highest BCUT2D eigenvalue weighted by atomic mass is 32.2. The molecule has 4 N–H and O–H groups in total. The summed E-state index contributed by atoms with van der Waals surface area (Å²) in [5.74, 6) is 0.567. The lowest BCUT2D eigenvalue weighted by Gasteiger charge is -2.09. The van der Waals surface area contributed by atoms with Crippen LogP contribution in [-0.2, 0) is 10.2 Å². The maximum Gasteiger partial charge on any atom is 0.299 e. The van der Waals surface area contributed by atoms with E-state index in [9.17, 15) is 8.42 Å². The van der Waals surface area contributed by atoms with Crippen LogP contribution >= 0.6 is 12.2 Å². The van der Waals surface area contributed by atoms with Gasteiger partial charge in [0.15, 0.2) is 0 Å². The Morgan fingerprint density at radius 3 is 2.53 bits per heavy atom. The first-order chi connectivity index (χ1) is 8.93. The second-order valence-corrected chi connectivity index (χ2v) is 5.80. The van der Waals surface area contributed by atoms with Crippen molar-refractivity contribution in [1.29, 1.82) is 0 Å². The van der Waals surface area contributed by atoms with Crippen LogP contribution in [0.15, 0.2) is 24.3 Å². The highest BCUT2D eigenvalue weighted by Gasteiger charge is 2.08. The molecule has 0 unspecified atom stereocenters. The highest BCUT2D eigenvalue weighted by Crippen LogP contribution is 2.16. The molecule has 0 saturated heterocycles. The minimum Gasteiger partial charge on any atom is -0.487 e. The summed E-state index contributed by atoms with van der Waals surface area (Å²) in [5.41, 5.74) is 5.76. The molecule has 0 spiro atoms. The van der Waals surface area contributed by atoms with Crippen LogP contribution in [0.1, 0.15) is 13.3 Å². The molecule has 0 aliphatic carbocycles. The zero-order valence-electron chi connectivity index (χ0n) is 10.5. The number of anilines is 1. The van der Waals surface area contributed by atoms with Gasteiger partial charge in [0.2, 0.25) is 0 Å². The first kappa shape index (κ1) is 15.7. The standard InChI is InChI=1S/C11H17N3O3S2/c1-2-7-13-19(15,16)14-9-3-5-10(6-4-9)17-8-11(12)18/h3-6,13-14H,2,7-8H2,1H3,(H2,12,18). The number of ether oxygens (including phenoxy) is 1. The molecule has 0 atom stereocenters. The predicted molar refractivity (Wildman–Crippen MR) is 79.6 cm³/mol. The average Bonchev–Trinajstić information content (AvgIpc) is 2.35. The van der Waals surface area contributed by atoms with Crippen molar-refractivity contribution in [3.8, 4) is 5.75 Å². The summed E-state index contributed by atoms with van der Waals surface area (Å²) >= 11 is 4.69. The van der Waals surface area contributed by atoms with Gasteiger partial charge in [-0.1, -0.05) is 19.1 Å². The number of benzene rings is 1. The lowest BCUT2D eigenvalue weighted by atomic mass is 10.3. The lowest BCUT2D eigenvalue weighted by Crippen LogP contribution is -2.30. The van der Waals surface area contributed by atoms with Crippen LogP contribution in [0.3, 0.4) is 0 Å². The Bertz CT molecular complexity index is 514. The molecule has 1 rings (SSSR count). The lowest BCUT2D eigenvalue weighted by molar-refractivity contribution is 0.377. The van der Waals surface area contributed by atoms with Crippen LogP contribution < -0.4 is 19.9 Å².